The van der Waals surface area contributed by atoms with Crippen molar-refractivity contribution >= 4 is 5.95 Å². The molecule has 1 unspecified atom stereocenters. The van der Waals surface area contributed by atoms with E-state index in [-0.39, 0.29) is 6.04 Å². The minimum absolute atomic E-state index is 0.219. The third kappa shape index (κ3) is 1.09. The summed E-state index contributed by atoms with van der Waals surface area (Å²) in [5.74, 6) is 0.948. The van der Waals surface area contributed by atoms with Crippen LogP contribution in [-0.2, 0) is 6.54 Å². The molecule has 0 aromatic carbocycles. The molecule has 0 amide bonds. The van der Waals surface area contributed by atoms with Crippen molar-refractivity contribution in [2.75, 3.05) is 11.9 Å². The van der Waals surface area contributed by atoms with E-state index < -0.39 is 0 Å². The number of aromatic nitrogens is 2. The Kier molecular flexibility index (Phi) is 1.35. The van der Waals surface area contributed by atoms with Gasteiger partial charge in [0.15, 0.2) is 0 Å². The first-order valence-corrected chi connectivity index (χ1v) is 3.79. The van der Waals surface area contributed by atoms with Gasteiger partial charge in [0.2, 0.25) is 5.95 Å². The van der Waals surface area contributed by atoms with Crippen LogP contribution in [0.4, 0.5) is 5.95 Å². The molecule has 0 saturated carbocycles. The van der Waals surface area contributed by atoms with Gasteiger partial charge in [0.25, 0.3) is 0 Å². The van der Waals surface area contributed by atoms with Crippen LogP contribution >= 0.6 is 0 Å². The van der Waals surface area contributed by atoms with Gasteiger partial charge < -0.3 is 15.6 Å². The maximum absolute atomic E-state index is 5.75. The number of hydrogen-bond donors (Lipinski definition) is 2. The first-order chi connectivity index (χ1) is 5.25. The van der Waals surface area contributed by atoms with Gasteiger partial charge in [0, 0.05) is 25.3 Å². The average Bonchev–Trinajstić information content (AvgIpc) is 2.27. The Morgan fingerprint density at radius 3 is 3.45 bits per heavy atom. The number of fused-ring (bicyclic) bond motifs is 1. The molecule has 0 aliphatic carbocycles. The van der Waals surface area contributed by atoms with Gasteiger partial charge >= 0.3 is 0 Å². The summed E-state index contributed by atoms with van der Waals surface area (Å²) in [7, 11) is 0. The van der Waals surface area contributed by atoms with Crippen LogP contribution in [0.5, 0.6) is 0 Å². The van der Waals surface area contributed by atoms with E-state index in [1.165, 1.54) is 0 Å². The lowest BCUT2D eigenvalue weighted by Gasteiger charge is -2.21. The Labute approximate surface area is 65.4 Å². The number of rotatable bonds is 0. The van der Waals surface area contributed by atoms with Gasteiger partial charge in [0.1, 0.15) is 0 Å². The van der Waals surface area contributed by atoms with Crippen molar-refractivity contribution < 1.29 is 0 Å². The maximum atomic E-state index is 5.75. The molecule has 1 aliphatic rings. The molecule has 1 aliphatic heterocycles. The van der Waals surface area contributed by atoms with Crippen molar-refractivity contribution in [1.29, 1.82) is 0 Å². The molecule has 0 bridgehead atoms. The highest BCUT2D eigenvalue weighted by molar-refractivity contribution is 5.31. The van der Waals surface area contributed by atoms with Crippen LogP contribution in [-0.4, -0.2) is 22.1 Å². The Balaban J connectivity index is 2.34. The van der Waals surface area contributed by atoms with E-state index in [1.54, 1.807) is 0 Å². The topological polar surface area (TPSA) is 55.9 Å². The summed E-state index contributed by atoms with van der Waals surface area (Å²) < 4.78 is 2.06. The predicted molar refractivity (Wildman–Crippen MR) is 43.4 cm³/mol. The molecular weight excluding hydrogens is 140 g/mol. The summed E-state index contributed by atoms with van der Waals surface area (Å²) in [6.45, 7) is 3.69. The molecule has 2 heterocycles. The summed E-state index contributed by atoms with van der Waals surface area (Å²) in [6, 6.07) is 0.219. The first-order valence-electron chi connectivity index (χ1n) is 3.79. The zero-order chi connectivity index (χ0) is 7.84. The lowest BCUT2D eigenvalue weighted by Crippen LogP contribution is -2.38. The molecule has 0 radical (unpaired) electrons. The van der Waals surface area contributed by atoms with E-state index in [1.807, 2.05) is 13.1 Å². The van der Waals surface area contributed by atoms with Gasteiger partial charge in [-0.1, -0.05) is 0 Å². The fraction of sp³-hybridized carbons (Fsp3) is 0.571. The molecule has 1 atom stereocenters. The fourth-order valence-electron chi connectivity index (χ4n) is 1.37. The summed E-state index contributed by atoms with van der Waals surface area (Å²) in [5.41, 5.74) is 6.79. The zero-order valence-corrected chi connectivity index (χ0v) is 6.54. The summed E-state index contributed by atoms with van der Waals surface area (Å²) >= 11 is 0. The number of imidazole rings is 1. The van der Waals surface area contributed by atoms with E-state index in [0.717, 1.165) is 24.7 Å². The van der Waals surface area contributed by atoms with Crippen molar-refractivity contribution in [1.82, 2.24) is 9.55 Å². The molecule has 0 fully saturated rings. The van der Waals surface area contributed by atoms with Gasteiger partial charge in [-0.2, -0.15) is 0 Å². The molecular formula is C7H12N4. The summed E-state index contributed by atoms with van der Waals surface area (Å²) in [5, 5.41) is 3.16. The van der Waals surface area contributed by atoms with Crippen LogP contribution in [0.2, 0.25) is 0 Å². The van der Waals surface area contributed by atoms with E-state index in [2.05, 4.69) is 14.9 Å². The van der Waals surface area contributed by atoms with E-state index >= 15 is 0 Å². The molecule has 11 heavy (non-hydrogen) atoms. The van der Waals surface area contributed by atoms with Gasteiger partial charge in [0.05, 0.1) is 5.69 Å². The maximum Gasteiger partial charge on any atom is 0.203 e. The fourth-order valence-corrected chi connectivity index (χ4v) is 1.37. The second kappa shape index (κ2) is 2.23. The second-order valence-corrected chi connectivity index (χ2v) is 3.00. The Bertz CT molecular complexity index is 265. The van der Waals surface area contributed by atoms with Gasteiger partial charge in [-0.3, -0.25) is 0 Å². The minimum atomic E-state index is 0.219. The van der Waals surface area contributed by atoms with Crippen LogP contribution in [0.3, 0.4) is 0 Å². The van der Waals surface area contributed by atoms with Gasteiger partial charge in [-0.05, 0) is 6.92 Å². The lowest BCUT2D eigenvalue weighted by molar-refractivity contribution is 0.542. The highest BCUT2D eigenvalue weighted by Crippen LogP contribution is 2.12. The van der Waals surface area contributed by atoms with Crippen LogP contribution in [0.1, 0.15) is 5.69 Å². The Morgan fingerprint density at radius 2 is 2.64 bits per heavy atom. The van der Waals surface area contributed by atoms with Crippen LogP contribution in [0.15, 0.2) is 6.20 Å². The third-order valence-corrected chi connectivity index (χ3v) is 1.85. The zero-order valence-electron chi connectivity index (χ0n) is 6.54. The highest BCUT2D eigenvalue weighted by Gasteiger charge is 2.14. The monoisotopic (exact) mass is 152 g/mol. The third-order valence-electron chi connectivity index (χ3n) is 1.85. The molecule has 4 heteroatoms. The van der Waals surface area contributed by atoms with E-state index in [9.17, 15) is 0 Å². The molecule has 0 saturated heterocycles. The number of nitrogens with one attached hydrogen (secondary N) is 1. The minimum Gasteiger partial charge on any atom is -0.354 e. The SMILES string of the molecule is Cc1cn2c(n1)NCC(N)C2. The average molecular weight is 152 g/mol. The van der Waals surface area contributed by atoms with Crippen molar-refractivity contribution in [3.63, 3.8) is 0 Å². The second-order valence-electron chi connectivity index (χ2n) is 3.00. The van der Waals surface area contributed by atoms with Crippen molar-refractivity contribution in [2.24, 2.45) is 5.73 Å². The quantitative estimate of drug-likeness (QED) is 0.547. The number of nitrogens with zero attached hydrogens (tertiary/aromatic N) is 2. The number of nitrogens with two attached hydrogens (primary N) is 1. The van der Waals surface area contributed by atoms with Crippen molar-refractivity contribution in [3.8, 4) is 0 Å². The number of aryl methyl sites for hydroxylation is 1. The molecule has 1 aromatic rings. The normalized spacial score (nSPS) is 22.5. The smallest absolute Gasteiger partial charge is 0.203 e. The first kappa shape index (κ1) is 6.67. The molecule has 60 valence electrons. The lowest BCUT2D eigenvalue weighted by atomic mass is 10.3. The van der Waals surface area contributed by atoms with Gasteiger partial charge in [-0.25, -0.2) is 4.98 Å². The molecule has 1 aromatic heterocycles. The largest absolute Gasteiger partial charge is 0.354 e. The molecule has 2 rings (SSSR count). The Morgan fingerprint density at radius 1 is 1.82 bits per heavy atom. The summed E-state index contributed by atoms with van der Waals surface area (Å²) in [6.07, 6.45) is 2.02. The van der Waals surface area contributed by atoms with E-state index in [0.29, 0.717) is 0 Å². The van der Waals surface area contributed by atoms with Crippen LogP contribution < -0.4 is 11.1 Å². The van der Waals surface area contributed by atoms with E-state index in [4.69, 9.17) is 5.73 Å². The predicted octanol–water partition coefficient (Wildman–Crippen LogP) is -0.0557. The van der Waals surface area contributed by atoms with Crippen LogP contribution in [0.25, 0.3) is 0 Å². The number of hydrogen-bond acceptors (Lipinski definition) is 3. The van der Waals surface area contributed by atoms with Crippen LogP contribution in [0, 0.1) is 6.92 Å². The van der Waals surface area contributed by atoms with Crippen molar-refractivity contribution in [3.05, 3.63) is 11.9 Å². The highest BCUT2D eigenvalue weighted by atomic mass is 15.2. The molecule has 4 nitrogen and oxygen atoms in total. The molecule has 3 N–H and O–H groups in total. The van der Waals surface area contributed by atoms with Gasteiger partial charge in [-0.15, -0.1) is 0 Å². The summed E-state index contributed by atoms with van der Waals surface area (Å²) in [4.78, 5) is 4.28. The number of anilines is 1. The Hall–Kier alpha value is -1.03. The molecule has 0 spiro atoms. The van der Waals surface area contributed by atoms with Crippen molar-refractivity contribution in [2.45, 2.75) is 19.5 Å². The standard InChI is InChI=1S/C7H12N4/c1-5-3-11-4-6(8)2-9-7(11)10-5/h3,6H,2,4,8H2,1H3,(H,9,10).